The van der Waals surface area contributed by atoms with E-state index in [1.165, 1.54) is 36.2 Å². The van der Waals surface area contributed by atoms with Crippen molar-refractivity contribution in [2.75, 3.05) is 18.6 Å². The largest absolute Gasteiger partial charge is 0.482 e. The lowest BCUT2D eigenvalue weighted by Crippen LogP contribution is -2.31. The van der Waals surface area contributed by atoms with Crippen LogP contribution in [-0.4, -0.2) is 30.6 Å². The van der Waals surface area contributed by atoms with Gasteiger partial charge in [0.25, 0.3) is 0 Å². The van der Waals surface area contributed by atoms with Crippen molar-refractivity contribution in [1.29, 1.82) is 0 Å². The summed E-state index contributed by atoms with van der Waals surface area (Å²) >= 11 is 0. The number of likely N-dealkylation sites (N-methyl/N-ethyl adjacent to an activating group) is 1. The van der Waals surface area contributed by atoms with Crippen LogP contribution in [0.15, 0.2) is 48.5 Å². The summed E-state index contributed by atoms with van der Waals surface area (Å²) < 4.78 is 43.9. The van der Waals surface area contributed by atoms with Crippen LogP contribution in [0.1, 0.15) is 30.4 Å². The molecule has 150 valence electrons. The van der Waals surface area contributed by atoms with Crippen LogP contribution in [0, 0.1) is 0 Å². The van der Waals surface area contributed by atoms with Crippen LogP contribution >= 0.6 is 0 Å². The number of hydrogen-bond acceptors (Lipinski definition) is 3. The van der Waals surface area contributed by atoms with Gasteiger partial charge in [0.15, 0.2) is 6.61 Å². The van der Waals surface area contributed by atoms with Crippen LogP contribution < -0.4 is 9.64 Å². The van der Waals surface area contributed by atoms with Gasteiger partial charge in [0.05, 0.1) is 11.5 Å². The van der Waals surface area contributed by atoms with Gasteiger partial charge in [-0.2, -0.15) is 13.2 Å². The number of ether oxygens (including phenoxy) is 1. The number of carboxylic acid groups (broad SMARTS) is 1. The number of benzene rings is 2. The average Bonchev–Trinajstić information content (AvgIpc) is 2.66. The van der Waals surface area contributed by atoms with E-state index in [2.05, 4.69) is 0 Å². The van der Waals surface area contributed by atoms with Crippen molar-refractivity contribution < 1.29 is 32.6 Å². The second-order valence-corrected chi connectivity index (χ2v) is 6.16. The molecule has 0 saturated carbocycles. The highest BCUT2D eigenvalue weighted by atomic mass is 19.4. The highest BCUT2D eigenvalue weighted by Crippen LogP contribution is 2.33. The standard InChI is InChI=1S/C20H20F3NO4/c1-3-17(13-5-4-6-14(11-13)20(21,22)23)19(27)24(2)15-7-9-16(10-8-15)28-12-18(25)26/h4-11,17H,3,12H2,1-2H3,(H,25,26). The molecule has 0 aromatic heterocycles. The Morgan fingerprint density at radius 3 is 2.32 bits per heavy atom. The van der Waals surface area contributed by atoms with Gasteiger partial charge in [0.2, 0.25) is 5.91 Å². The SMILES string of the molecule is CCC(C(=O)N(C)c1ccc(OCC(=O)O)cc1)c1cccc(C(F)(F)F)c1. The van der Waals surface area contributed by atoms with Gasteiger partial charge in [0, 0.05) is 12.7 Å². The number of anilines is 1. The first kappa shape index (κ1) is 21.3. The van der Waals surface area contributed by atoms with E-state index < -0.39 is 30.2 Å². The van der Waals surface area contributed by atoms with E-state index in [0.29, 0.717) is 23.4 Å². The molecule has 1 N–H and O–H groups in total. The van der Waals surface area contributed by atoms with Crippen molar-refractivity contribution in [1.82, 2.24) is 0 Å². The molecule has 0 bridgehead atoms. The van der Waals surface area contributed by atoms with E-state index in [1.807, 2.05) is 0 Å². The first-order valence-corrected chi connectivity index (χ1v) is 8.53. The minimum Gasteiger partial charge on any atom is -0.482 e. The maximum absolute atomic E-state index is 13.0. The zero-order valence-corrected chi connectivity index (χ0v) is 15.4. The van der Waals surface area contributed by atoms with Crippen molar-refractivity contribution >= 4 is 17.6 Å². The number of amides is 1. The molecule has 5 nitrogen and oxygen atoms in total. The average molecular weight is 395 g/mol. The Labute approximate surface area is 160 Å². The third-order valence-electron chi connectivity index (χ3n) is 4.24. The fourth-order valence-corrected chi connectivity index (χ4v) is 2.76. The Bertz CT molecular complexity index is 834. The van der Waals surface area contributed by atoms with Gasteiger partial charge in [-0.15, -0.1) is 0 Å². The van der Waals surface area contributed by atoms with E-state index in [0.717, 1.165) is 12.1 Å². The van der Waals surface area contributed by atoms with Crippen molar-refractivity contribution in [2.45, 2.75) is 25.4 Å². The lowest BCUT2D eigenvalue weighted by molar-refractivity contribution is -0.139. The van der Waals surface area contributed by atoms with E-state index in [4.69, 9.17) is 9.84 Å². The van der Waals surface area contributed by atoms with Gasteiger partial charge in [-0.25, -0.2) is 4.79 Å². The van der Waals surface area contributed by atoms with Gasteiger partial charge < -0.3 is 14.7 Å². The molecule has 28 heavy (non-hydrogen) atoms. The minimum absolute atomic E-state index is 0.301. The van der Waals surface area contributed by atoms with E-state index >= 15 is 0 Å². The summed E-state index contributed by atoms with van der Waals surface area (Å²) in [5.74, 6) is -1.85. The molecule has 0 saturated heterocycles. The fourth-order valence-electron chi connectivity index (χ4n) is 2.76. The molecule has 1 amide bonds. The first-order valence-electron chi connectivity index (χ1n) is 8.53. The third-order valence-corrected chi connectivity index (χ3v) is 4.24. The van der Waals surface area contributed by atoms with Crippen LogP contribution in [0.3, 0.4) is 0 Å². The zero-order chi connectivity index (χ0) is 20.9. The van der Waals surface area contributed by atoms with Crippen LogP contribution in [0.2, 0.25) is 0 Å². The zero-order valence-electron chi connectivity index (χ0n) is 15.4. The molecule has 2 rings (SSSR count). The molecule has 8 heteroatoms. The van der Waals surface area contributed by atoms with Crippen LogP contribution in [-0.2, 0) is 15.8 Å². The fraction of sp³-hybridized carbons (Fsp3) is 0.300. The number of nitrogens with zero attached hydrogens (tertiary/aromatic N) is 1. The Morgan fingerprint density at radius 2 is 1.79 bits per heavy atom. The normalized spacial score (nSPS) is 12.3. The van der Waals surface area contributed by atoms with E-state index in [9.17, 15) is 22.8 Å². The second kappa shape index (κ2) is 8.77. The van der Waals surface area contributed by atoms with Crippen LogP contribution in [0.5, 0.6) is 5.75 Å². The molecule has 0 heterocycles. The third kappa shape index (κ3) is 5.25. The summed E-state index contributed by atoms with van der Waals surface area (Å²) in [7, 11) is 1.53. The topological polar surface area (TPSA) is 66.8 Å². The van der Waals surface area contributed by atoms with Gasteiger partial charge >= 0.3 is 12.1 Å². The number of carboxylic acids is 1. The molecule has 0 fully saturated rings. The molecular formula is C20H20F3NO4. The number of carbonyl (C=O) groups is 2. The molecule has 2 aromatic carbocycles. The highest BCUT2D eigenvalue weighted by Gasteiger charge is 2.32. The number of hydrogen-bond donors (Lipinski definition) is 1. The summed E-state index contributed by atoms with van der Waals surface area (Å²) in [5, 5.41) is 8.61. The number of halogens is 3. The Hall–Kier alpha value is -3.03. The molecule has 0 spiro atoms. The lowest BCUT2D eigenvalue weighted by Gasteiger charge is -2.24. The maximum atomic E-state index is 13.0. The van der Waals surface area contributed by atoms with Crippen molar-refractivity contribution in [3.05, 3.63) is 59.7 Å². The van der Waals surface area contributed by atoms with Crippen LogP contribution in [0.4, 0.5) is 18.9 Å². The predicted molar refractivity (Wildman–Crippen MR) is 97.5 cm³/mol. The quantitative estimate of drug-likeness (QED) is 0.758. The van der Waals surface area contributed by atoms with Crippen molar-refractivity contribution in [2.24, 2.45) is 0 Å². The summed E-state index contributed by atoms with van der Waals surface area (Å²) in [6.07, 6.45) is -4.14. The molecule has 2 aromatic rings. The van der Waals surface area contributed by atoms with Crippen LogP contribution in [0.25, 0.3) is 0 Å². The lowest BCUT2D eigenvalue weighted by atomic mass is 9.93. The predicted octanol–water partition coefficient (Wildman–Crippen LogP) is 4.33. The molecule has 1 atom stereocenters. The minimum atomic E-state index is -4.48. The van der Waals surface area contributed by atoms with Gasteiger partial charge in [-0.05, 0) is 42.3 Å². The molecule has 0 aliphatic heterocycles. The molecule has 0 aliphatic carbocycles. The number of rotatable bonds is 7. The summed E-state index contributed by atoms with van der Waals surface area (Å²) in [5.41, 5.74) is 0.0209. The summed E-state index contributed by atoms with van der Waals surface area (Å²) in [4.78, 5) is 24.7. The molecule has 1 unspecified atom stereocenters. The van der Waals surface area contributed by atoms with Gasteiger partial charge in [0.1, 0.15) is 5.75 Å². The molecular weight excluding hydrogens is 375 g/mol. The van der Waals surface area contributed by atoms with Crippen molar-refractivity contribution in [3.8, 4) is 5.75 Å². The van der Waals surface area contributed by atoms with Gasteiger partial charge in [-0.3, -0.25) is 4.79 Å². The van der Waals surface area contributed by atoms with E-state index in [-0.39, 0.29) is 5.91 Å². The second-order valence-electron chi connectivity index (χ2n) is 6.16. The number of carbonyl (C=O) groups excluding carboxylic acids is 1. The highest BCUT2D eigenvalue weighted by molar-refractivity contribution is 5.97. The Balaban J connectivity index is 2.19. The molecule has 0 aliphatic rings. The number of aliphatic carboxylic acids is 1. The molecule has 0 radical (unpaired) electrons. The Morgan fingerprint density at radius 1 is 1.14 bits per heavy atom. The van der Waals surface area contributed by atoms with E-state index in [1.54, 1.807) is 19.1 Å². The Kier molecular flexibility index (Phi) is 6.66. The summed E-state index contributed by atoms with van der Waals surface area (Å²) in [6, 6.07) is 11.0. The van der Waals surface area contributed by atoms with Crippen molar-refractivity contribution in [3.63, 3.8) is 0 Å². The first-order chi connectivity index (χ1) is 13.1. The smallest absolute Gasteiger partial charge is 0.416 e. The van der Waals surface area contributed by atoms with Gasteiger partial charge in [-0.1, -0.05) is 25.1 Å². The summed E-state index contributed by atoms with van der Waals surface area (Å²) in [6.45, 7) is 1.25. The number of alkyl halides is 3. The maximum Gasteiger partial charge on any atom is 0.416 e. The monoisotopic (exact) mass is 395 g/mol.